The van der Waals surface area contributed by atoms with Gasteiger partial charge in [0, 0.05) is 31.1 Å². The Morgan fingerprint density at radius 1 is 1.26 bits per heavy atom. The third kappa shape index (κ3) is 4.94. The molecule has 31 heavy (non-hydrogen) atoms. The molecule has 166 valence electrons. The predicted octanol–water partition coefficient (Wildman–Crippen LogP) is 3.44. The summed E-state index contributed by atoms with van der Waals surface area (Å²) < 4.78 is 45.2. The third-order valence-electron chi connectivity index (χ3n) is 5.01. The van der Waals surface area contributed by atoms with Gasteiger partial charge in [-0.25, -0.2) is 12.8 Å². The molecule has 0 aromatic heterocycles. The Hall–Kier alpha value is -2.76. The molecule has 0 bridgehead atoms. The number of anilines is 1. The highest BCUT2D eigenvalue weighted by atomic mass is 35.5. The second-order valence-electron chi connectivity index (χ2n) is 6.89. The Morgan fingerprint density at radius 3 is 2.52 bits per heavy atom. The van der Waals surface area contributed by atoms with E-state index in [0.717, 1.165) is 18.2 Å². The largest absolute Gasteiger partial charge is 0.495 e. The Kier molecular flexibility index (Phi) is 6.77. The minimum Gasteiger partial charge on any atom is -0.495 e. The first-order chi connectivity index (χ1) is 14.6. The smallest absolute Gasteiger partial charge is 0.271 e. The number of nitrogens with one attached hydrogen (secondary N) is 1. The van der Waals surface area contributed by atoms with Gasteiger partial charge in [0.05, 0.1) is 27.6 Å². The molecule has 1 heterocycles. The molecule has 12 heteroatoms. The molecule has 0 atom stereocenters. The molecule has 1 fully saturated rings. The minimum atomic E-state index is -3.88. The number of halogens is 2. The first-order valence-corrected chi connectivity index (χ1v) is 11.0. The van der Waals surface area contributed by atoms with E-state index < -0.39 is 26.7 Å². The molecule has 0 saturated carbocycles. The molecule has 1 aliphatic heterocycles. The number of nitrogens with zero attached hydrogens (tertiary/aromatic N) is 2. The first kappa shape index (κ1) is 22.9. The van der Waals surface area contributed by atoms with Crippen LogP contribution < -0.4 is 10.1 Å². The van der Waals surface area contributed by atoms with Crippen molar-refractivity contribution < 1.29 is 27.3 Å². The number of non-ortho nitro benzene ring substituents is 1. The normalized spacial score (nSPS) is 15.5. The number of piperidine rings is 1. The first-order valence-electron chi connectivity index (χ1n) is 9.22. The van der Waals surface area contributed by atoms with E-state index in [4.69, 9.17) is 16.3 Å². The maximum Gasteiger partial charge on any atom is 0.271 e. The van der Waals surface area contributed by atoms with Gasteiger partial charge in [-0.3, -0.25) is 14.9 Å². The molecule has 3 rings (SSSR count). The Labute approximate surface area is 183 Å². The van der Waals surface area contributed by atoms with E-state index in [9.17, 15) is 27.7 Å². The van der Waals surface area contributed by atoms with E-state index in [1.807, 2.05) is 0 Å². The van der Waals surface area contributed by atoms with Crippen LogP contribution in [0.2, 0.25) is 5.02 Å². The van der Waals surface area contributed by atoms with Crippen LogP contribution in [0.5, 0.6) is 5.75 Å². The fourth-order valence-electron chi connectivity index (χ4n) is 3.29. The fourth-order valence-corrected chi connectivity index (χ4v) is 5.03. The molecular formula is C19H19ClFN3O6S. The zero-order valence-corrected chi connectivity index (χ0v) is 18.0. The highest BCUT2D eigenvalue weighted by molar-refractivity contribution is 7.89. The van der Waals surface area contributed by atoms with Crippen molar-refractivity contribution >= 4 is 38.9 Å². The zero-order valence-electron chi connectivity index (χ0n) is 16.4. The SMILES string of the molecule is COc1ccc([N+](=O)[O-])cc1NC(=O)C1CCN(S(=O)(=O)c2ccc(F)c(Cl)c2)CC1. The number of sulfonamides is 1. The second-order valence-corrected chi connectivity index (χ2v) is 9.23. The third-order valence-corrected chi connectivity index (χ3v) is 7.19. The van der Waals surface area contributed by atoms with Gasteiger partial charge in [-0.05, 0) is 37.1 Å². The van der Waals surface area contributed by atoms with Crippen LogP contribution in [0.25, 0.3) is 0 Å². The Morgan fingerprint density at radius 2 is 1.94 bits per heavy atom. The van der Waals surface area contributed by atoms with Gasteiger partial charge >= 0.3 is 0 Å². The summed E-state index contributed by atoms with van der Waals surface area (Å²) in [6, 6.07) is 7.04. The monoisotopic (exact) mass is 471 g/mol. The topological polar surface area (TPSA) is 119 Å². The average Bonchev–Trinajstić information content (AvgIpc) is 2.75. The van der Waals surface area contributed by atoms with Gasteiger partial charge in [0.25, 0.3) is 5.69 Å². The lowest BCUT2D eigenvalue weighted by Gasteiger charge is -2.30. The summed E-state index contributed by atoms with van der Waals surface area (Å²) in [5, 5.41) is 13.3. The maximum absolute atomic E-state index is 13.3. The number of nitro benzene ring substituents is 1. The molecule has 0 unspecified atom stereocenters. The number of nitro groups is 1. The standard InChI is InChI=1S/C19H19ClFN3O6S/c1-30-18-5-2-13(24(26)27)10-17(18)22-19(25)12-6-8-23(9-7-12)31(28,29)14-3-4-16(21)15(20)11-14/h2-5,10-12H,6-9H2,1H3,(H,22,25). The number of carbonyl (C=O) groups excluding carboxylic acids is 1. The number of ether oxygens (including phenoxy) is 1. The minimum absolute atomic E-state index is 0.0848. The van der Waals surface area contributed by atoms with Gasteiger partial charge in [-0.15, -0.1) is 0 Å². The van der Waals surface area contributed by atoms with Crippen molar-refractivity contribution in [3.8, 4) is 5.75 Å². The number of rotatable bonds is 6. The van der Waals surface area contributed by atoms with E-state index in [1.54, 1.807) is 0 Å². The van der Waals surface area contributed by atoms with Gasteiger partial charge in [0.1, 0.15) is 11.6 Å². The van der Waals surface area contributed by atoms with Gasteiger partial charge in [-0.1, -0.05) is 11.6 Å². The molecule has 1 aliphatic rings. The van der Waals surface area contributed by atoms with Crippen LogP contribution in [-0.4, -0.2) is 43.8 Å². The van der Waals surface area contributed by atoms with Crippen molar-refractivity contribution in [1.29, 1.82) is 0 Å². The number of hydrogen-bond acceptors (Lipinski definition) is 6. The van der Waals surface area contributed by atoms with Crippen molar-refractivity contribution in [3.05, 3.63) is 57.4 Å². The van der Waals surface area contributed by atoms with E-state index in [-0.39, 0.29) is 58.9 Å². The molecule has 0 aliphatic carbocycles. The lowest BCUT2D eigenvalue weighted by atomic mass is 9.97. The lowest BCUT2D eigenvalue weighted by molar-refractivity contribution is -0.384. The Bertz CT molecular complexity index is 1120. The fraction of sp³-hybridized carbons (Fsp3) is 0.316. The number of methoxy groups -OCH3 is 1. The summed E-state index contributed by atoms with van der Waals surface area (Å²) in [6.45, 7) is 0.170. The van der Waals surface area contributed by atoms with Crippen molar-refractivity contribution in [2.75, 3.05) is 25.5 Å². The van der Waals surface area contributed by atoms with Crippen LogP contribution in [0.15, 0.2) is 41.3 Å². The van der Waals surface area contributed by atoms with Crippen LogP contribution >= 0.6 is 11.6 Å². The van der Waals surface area contributed by atoms with Crippen LogP contribution in [0.4, 0.5) is 15.8 Å². The number of carbonyl (C=O) groups is 1. The number of benzene rings is 2. The molecule has 1 saturated heterocycles. The van der Waals surface area contributed by atoms with Crippen molar-refractivity contribution in [1.82, 2.24) is 4.31 Å². The number of amides is 1. The summed E-state index contributed by atoms with van der Waals surface area (Å²) in [5.41, 5.74) is -0.0346. The molecular weight excluding hydrogens is 453 g/mol. The highest BCUT2D eigenvalue weighted by Crippen LogP contribution is 2.31. The predicted molar refractivity (Wildman–Crippen MR) is 111 cm³/mol. The average molecular weight is 472 g/mol. The molecule has 0 spiro atoms. The quantitative estimate of drug-likeness (QED) is 0.509. The summed E-state index contributed by atoms with van der Waals surface area (Å²) in [4.78, 5) is 22.9. The number of hydrogen-bond donors (Lipinski definition) is 1. The summed E-state index contributed by atoms with van der Waals surface area (Å²) in [6.07, 6.45) is 0.495. The summed E-state index contributed by atoms with van der Waals surface area (Å²) in [5.74, 6) is -1.33. The van der Waals surface area contributed by atoms with E-state index in [1.165, 1.54) is 29.6 Å². The molecule has 1 N–H and O–H groups in total. The van der Waals surface area contributed by atoms with Gasteiger partial charge < -0.3 is 10.1 Å². The van der Waals surface area contributed by atoms with Crippen molar-refractivity contribution in [3.63, 3.8) is 0 Å². The van der Waals surface area contributed by atoms with Crippen LogP contribution in [0.3, 0.4) is 0 Å². The molecule has 1 amide bonds. The van der Waals surface area contributed by atoms with Crippen molar-refractivity contribution in [2.45, 2.75) is 17.7 Å². The van der Waals surface area contributed by atoms with E-state index >= 15 is 0 Å². The zero-order chi connectivity index (χ0) is 22.8. The van der Waals surface area contributed by atoms with Gasteiger partial charge in [0.2, 0.25) is 15.9 Å². The van der Waals surface area contributed by atoms with Crippen LogP contribution in [0.1, 0.15) is 12.8 Å². The van der Waals surface area contributed by atoms with Crippen LogP contribution in [0, 0.1) is 21.8 Å². The maximum atomic E-state index is 13.3. The molecule has 2 aromatic rings. The second kappa shape index (κ2) is 9.16. The molecule has 9 nitrogen and oxygen atoms in total. The lowest BCUT2D eigenvalue weighted by Crippen LogP contribution is -2.41. The van der Waals surface area contributed by atoms with E-state index in [2.05, 4.69) is 5.32 Å². The summed E-state index contributed by atoms with van der Waals surface area (Å²) >= 11 is 5.69. The highest BCUT2D eigenvalue weighted by Gasteiger charge is 2.32. The van der Waals surface area contributed by atoms with E-state index in [0.29, 0.717) is 0 Å². The summed E-state index contributed by atoms with van der Waals surface area (Å²) in [7, 11) is -2.50. The van der Waals surface area contributed by atoms with Crippen LogP contribution in [-0.2, 0) is 14.8 Å². The van der Waals surface area contributed by atoms with Crippen molar-refractivity contribution in [2.24, 2.45) is 5.92 Å². The van der Waals surface area contributed by atoms with Gasteiger partial charge in [0.15, 0.2) is 0 Å². The molecule has 0 radical (unpaired) electrons. The Balaban J connectivity index is 1.68. The van der Waals surface area contributed by atoms with Gasteiger partial charge in [-0.2, -0.15) is 4.31 Å². The molecule has 2 aromatic carbocycles.